The molecule has 1 N–H and O–H groups in total. The van der Waals surface area contributed by atoms with Crippen molar-refractivity contribution in [2.24, 2.45) is 0 Å². The van der Waals surface area contributed by atoms with Gasteiger partial charge in [0.15, 0.2) is 23.1 Å². The van der Waals surface area contributed by atoms with Crippen LogP contribution in [0.25, 0.3) is 11.3 Å². The topological polar surface area (TPSA) is 99.2 Å². The Balaban J connectivity index is 1.38. The van der Waals surface area contributed by atoms with E-state index in [0.29, 0.717) is 54.2 Å². The predicted molar refractivity (Wildman–Crippen MR) is 128 cm³/mol. The lowest BCUT2D eigenvalue weighted by Crippen LogP contribution is -2.43. The van der Waals surface area contributed by atoms with E-state index in [1.807, 2.05) is 29.6 Å². The monoisotopic (exact) mass is 483 g/mol. The van der Waals surface area contributed by atoms with Gasteiger partial charge in [-0.1, -0.05) is 0 Å². The zero-order chi connectivity index (χ0) is 23.9. The van der Waals surface area contributed by atoms with Gasteiger partial charge in [-0.25, -0.2) is 4.98 Å². The van der Waals surface area contributed by atoms with Crippen molar-refractivity contribution in [2.45, 2.75) is 0 Å². The molecule has 0 saturated carbocycles. The van der Waals surface area contributed by atoms with Crippen LogP contribution in [-0.2, 0) is 9.53 Å². The van der Waals surface area contributed by atoms with E-state index in [0.717, 1.165) is 11.3 Å². The lowest BCUT2D eigenvalue weighted by atomic mass is 10.2. The molecule has 34 heavy (non-hydrogen) atoms. The first-order chi connectivity index (χ1) is 16.6. The Kier molecular flexibility index (Phi) is 7.61. The highest BCUT2D eigenvalue weighted by Crippen LogP contribution is 2.31. The van der Waals surface area contributed by atoms with Crippen LogP contribution in [0, 0.1) is 0 Å². The van der Waals surface area contributed by atoms with Gasteiger partial charge in [0, 0.05) is 35.8 Å². The Morgan fingerprint density at radius 2 is 1.82 bits per heavy atom. The molecule has 1 aliphatic rings. The summed E-state index contributed by atoms with van der Waals surface area (Å²) in [5, 5.41) is 4.99. The molecule has 2 aromatic carbocycles. The minimum atomic E-state index is -0.331. The number of rotatable bonds is 8. The largest absolute Gasteiger partial charge is 0.497 e. The molecule has 2 heterocycles. The first-order valence-electron chi connectivity index (χ1n) is 10.6. The highest BCUT2D eigenvalue weighted by molar-refractivity contribution is 7.12. The van der Waals surface area contributed by atoms with E-state index in [9.17, 15) is 9.59 Å². The molecular formula is C24H25N3O6S. The fourth-order valence-electron chi connectivity index (χ4n) is 3.37. The molecule has 2 amide bonds. The number of hydrogen-bond acceptors (Lipinski definition) is 8. The normalized spacial score (nSPS) is 13.3. The molecule has 9 nitrogen and oxygen atoms in total. The molecule has 0 spiro atoms. The van der Waals surface area contributed by atoms with Crippen molar-refractivity contribution in [1.82, 2.24) is 9.88 Å². The number of carbonyl (C=O) groups is 2. The van der Waals surface area contributed by atoms with Gasteiger partial charge >= 0.3 is 0 Å². The molecule has 0 aliphatic carbocycles. The Hall–Kier alpha value is -3.63. The van der Waals surface area contributed by atoms with Crippen LogP contribution in [0.15, 0.2) is 47.8 Å². The van der Waals surface area contributed by atoms with Crippen molar-refractivity contribution in [3.05, 3.63) is 52.9 Å². The molecular weight excluding hydrogens is 458 g/mol. The summed E-state index contributed by atoms with van der Waals surface area (Å²) in [5.41, 5.74) is 2.13. The summed E-state index contributed by atoms with van der Waals surface area (Å²) in [4.78, 5) is 31.2. The van der Waals surface area contributed by atoms with E-state index in [4.69, 9.17) is 18.9 Å². The number of benzene rings is 2. The third-order valence-electron chi connectivity index (χ3n) is 5.22. The first kappa shape index (κ1) is 23.5. The predicted octanol–water partition coefficient (Wildman–Crippen LogP) is 3.32. The maximum Gasteiger partial charge on any atom is 0.284 e. The van der Waals surface area contributed by atoms with Gasteiger partial charge in [0.1, 0.15) is 5.75 Å². The van der Waals surface area contributed by atoms with Crippen LogP contribution in [0.2, 0.25) is 0 Å². The average molecular weight is 484 g/mol. The molecule has 178 valence electrons. The minimum Gasteiger partial charge on any atom is -0.497 e. The molecule has 10 heteroatoms. The van der Waals surface area contributed by atoms with Crippen LogP contribution < -0.4 is 19.5 Å². The number of carbonyl (C=O) groups excluding carboxylic acids is 2. The Morgan fingerprint density at radius 3 is 2.53 bits per heavy atom. The van der Waals surface area contributed by atoms with Crippen molar-refractivity contribution in [2.75, 3.05) is 52.4 Å². The van der Waals surface area contributed by atoms with Gasteiger partial charge < -0.3 is 29.2 Å². The first-order valence-corrected chi connectivity index (χ1v) is 11.5. The van der Waals surface area contributed by atoms with E-state index in [1.54, 1.807) is 30.2 Å². The van der Waals surface area contributed by atoms with Crippen LogP contribution in [0.4, 0.5) is 5.69 Å². The molecule has 0 radical (unpaired) electrons. The summed E-state index contributed by atoms with van der Waals surface area (Å²) in [6.07, 6.45) is 0. The van der Waals surface area contributed by atoms with Crippen molar-refractivity contribution >= 4 is 28.8 Å². The summed E-state index contributed by atoms with van der Waals surface area (Å²) < 4.78 is 21.5. The number of nitrogens with zero attached hydrogens (tertiary/aromatic N) is 2. The Morgan fingerprint density at radius 1 is 1.06 bits per heavy atom. The highest BCUT2D eigenvalue weighted by atomic mass is 32.1. The quantitative estimate of drug-likeness (QED) is 0.525. The molecule has 3 aromatic rings. The number of aromatic nitrogens is 1. The number of ether oxygens (including phenoxy) is 4. The van der Waals surface area contributed by atoms with Gasteiger partial charge in [-0.05, 0) is 36.4 Å². The van der Waals surface area contributed by atoms with Crippen LogP contribution in [0.1, 0.15) is 9.80 Å². The van der Waals surface area contributed by atoms with E-state index in [-0.39, 0.29) is 18.4 Å². The molecule has 0 bridgehead atoms. The van der Waals surface area contributed by atoms with E-state index >= 15 is 0 Å². The maximum atomic E-state index is 12.7. The Labute approximate surface area is 201 Å². The van der Waals surface area contributed by atoms with Gasteiger partial charge in [-0.2, -0.15) is 0 Å². The van der Waals surface area contributed by atoms with Crippen molar-refractivity contribution in [3.8, 4) is 28.5 Å². The molecule has 4 rings (SSSR count). The Bertz CT molecular complexity index is 1140. The van der Waals surface area contributed by atoms with Crippen molar-refractivity contribution < 1.29 is 28.5 Å². The lowest BCUT2D eigenvalue weighted by molar-refractivity contribution is -0.137. The molecule has 1 aliphatic heterocycles. The van der Waals surface area contributed by atoms with E-state index < -0.39 is 0 Å². The summed E-state index contributed by atoms with van der Waals surface area (Å²) >= 11 is 1.26. The van der Waals surface area contributed by atoms with Gasteiger partial charge in [0.2, 0.25) is 0 Å². The lowest BCUT2D eigenvalue weighted by Gasteiger charge is -2.26. The zero-order valence-electron chi connectivity index (χ0n) is 18.9. The second-order valence-corrected chi connectivity index (χ2v) is 8.23. The van der Waals surface area contributed by atoms with Crippen molar-refractivity contribution in [1.29, 1.82) is 0 Å². The zero-order valence-corrected chi connectivity index (χ0v) is 19.7. The van der Waals surface area contributed by atoms with Gasteiger partial charge in [0.05, 0.1) is 33.1 Å². The third kappa shape index (κ3) is 5.64. The summed E-state index contributed by atoms with van der Waals surface area (Å²) in [7, 11) is 3.11. The minimum absolute atomic E-state index is 0.102. The number of morpholine rings is 1. The van der Waals surface area contributed by atoms with Crippen LogP contribution in [0.5, 0.6) is 17.2 Å². The summed E-state index contributed by atoms with van der Waals surface area (Å²) in [6, 6.07) is 12.5. The fourth-order valence-corrected chi connectivity index (χ4v) is 4.09. The molecule has 1 aromatic heterocycles. The molecule has 1 saturated heterocycles. The van der Waals surface area contributed by atoms with Crippen molar-refractivity contribution in [3.63, 3.8) is 0 Å². The van der Waals surface area contributed by atoms with Crippen LogP contribution in [-0.4, -0.2) is 68.8 Å². The van der Waals surface area contributed by atoms with Gasteiger partial charge in [-0.15, -0.1) is 11.3 Å². The number of hydrogen-bond donors (Lipinski definition) is 1. The second kappa shape index (κ2) is 11.0. The fraction of sp³-hybridized carbons (Fsp3) is 0.292. The van der Waals surface area contributed by atoms with Crippen LogP contribution >= 0.6 is 11.3 Å². The standard InChI is InChI=1S/C24H25N3O6S/c1-30-18-6-3-16(4-7-18)19-15-34-24(26-19)23(29)25-17-5-8-20(21(13-17)31-2)33-14-22(28)27-9-11-32-12-10-27/h3-8,13,15H,9-12,14H2,1-2H3,(H,25,29). The number of methoxy groups -OCH3 is 2. The molecule has 0 unspecified atom stereocenters. The number of nitrogens with one attached hydrogen (secondary N) is 1. The SMILES string of the molecule is COc1ccc(-c2csc(C(=O)Nc3ccc(OCC(=O)N4CCOCC4)c(OC)c3)n2)cc1. The smallest absolute Gasteiger partial charge is 0.284 e. The maximum absolute atomic E-state index is 12.7. The molecule has 1 fully saturated rings. The summed E-state index contributed by atoms with van der Waals surface area (Å²) in [5.74, 6) is 1.13. The van der Waals surface area contributed by atoms with Crippen LogP contribution in [0.3, 0.4) is 0 Å². The highest BCUT2D eigenvalue weighted by Gasteiger charge is 2.19. The summed E-state index contributed by atoms with van der Waals surface area (Å²) in [6.45, 7) is 2.08. The number of amides is 2. The number of anilines is 1. The van der Waals surface area contributed by atoms with Gasteiger partial charge in [-0.3, -0.25) is 9.59 Å². The van der Waals surface area contributed by atoms with Gasteiger partial charge in [0.25, 0.3) is 11.8 Å². The molecule has 0 atom stereocenters. The van der Waals surface area contributed by atoms with E-state index in [1.165, 1.54) is 18.4 Å². The number of thiazole rings is 1. The second-order valence-electron chi connectivity index (χ2n) is 7.37. The third-order valence-corrected chi connectivity index (χ3v) is 6.06. The van der Waals surface area contributed by atoms with E-state index in [2.05, 4.69) is 10.3 Å². The average Bonchev–Trinajstić information content (AvgIpc) is 3.39.